The highest BCUT2D eigenvalue weighted by atomic mass is 33.1. The molecule has 149 heavy (non-hydrogen) atoms. The van der Waals surface area contributed by atoms with Crippen LogP contribution in [0.5, 0.6) is 5.75 Å². The van der Waals surface area contributed by atoms with Gasteiger partial charge in [-0.3, -0.25) is 97.1 Å². The van der Waals surface area contributed by atoms with Crippen LogP contribution in [0.1, 0.15) is 132 Å². The van der Waals surface area contributed by atoms with Crippen LogP contribution in [-0.4, -0.2) is 338 Å². The molecule has 2 saturated heterocycles. The van der Waals surface area contributed by atoms with Crippen LogP contribution in [0.25, 0.3) is 0 Å². The Kier molecular flexibility index (Phi) is 54.5. The minimum atomic E-state index is -2.11. The number of rotatable bonds is 45. The molecule has 4 aromatic rings. The lowest BCUT2D eigenvalue weighted by molar-refractivity contribution is -0.142. The van der Waals surface area contributed by atoms with E-state index in [1.54, 1.807) is 97.3 Å². The van der Waals surface area contributed by atoms with Crippen molar-refractivity contribution in [3.63, 3.8) is 0 Å². The van der Waals surface area contributed by atoms with E-state index in [-0.39, 0.29) is 141 Å². The number of hydrogen-bond acceptors (Lipinski definition) is 31. The van der Waals surface area contributed by atoms with Gasteiger partial charge in [0, 0.05) is 50.4 Å². The number of thioether (sulfide) groups is 1. The van der Waals surface area contributed by atoms with Crippen molar-refractivity contribution in [2.45, 2.75) is 244 Å². The second kappa shape index (κ2) is 65.6. The van der Waals surface area contributed by atoms with Crippen LogP contribution in [0.4, 0.5) is 0 Å². The predicted octanol–water partition coefficient (Wildman–Crippen LogP) is -7.62. The van der Waals surface area contributed by atoms with Gasteiger partial charge in [0.1, 0.15) is 102 Å². The number of carboxylic acid groups (broad SMARTS) is 2. The Morgan fingerprint density at radius 3 is 1.41 bits per heavy atom. The lowest BCUT2D eigenvalue weighted by Gasteiger charge is -2.31. The molecule has 2 aliphatic heterocycles. The SMILES string of the molecule is CSCC[C@H](NC(=O)[C@H](CCCNC(=N)N)NC(=O)[C@@H](N)CC(=O)O)C(=O)N1CCC[C@H]1C(=O)N[C@H]1CSSC[C@@H](C(=O)N[C@@H](CCCCN)C(=O)O)NC(=O)[C@H](CO)NC(=O)[C@H](CO)NC(=O)[C@H](Cc2ccccc2)NC(=O)[C@H]([C@H](C)O)NC(=O)[C@H](CCCCN)NC(=O)[C@H](CCc2ccc(O)cc2)NC(=O)[C@H](Cc2ccccc2)NC(=O)[C@H](Cc2ccccc2)NC(=O)[C@H](CC(N)=O)NC(=O)[C@H](CCCNC(=N)N)NC1=O. The first-order valence-corrected chi connectivity index (χ1v) is 52.4. The largest absolute Gasteiger partial charge is 0.508 e. The summed E-state index contributed by atoms with van der Waals surface area (Å²) < 4.78 is 0. The Balaban J connectivity index is 1.54. The average molecular weight is 2140 g/mol. The minimum absolute atomic E-state index is 0.00757. The van der Waals surface area contributed by atoms with Gasteiger partial charge in [0.15, 0.2) is 11.9 Å². The van der Waals surface area contributed by atoms with E-state index in [1.165, 1.54) is 36.0 Å². The van der Waals surface area contributed by atoms with Gasteiger partial charge >= 0.3 is 11.9 Å². The molecule has 0 bridgehead atoms. The summed E-state index contributed by atoms with van der Waals surface area (Å²) in [6.07, 6.45) is -3.93. The number of benzene rings is 4. The van der Waals surface area contributed by atoms with Gasteiger partial charge < -0.3 is 160 Å². The van der Waals surface area contributed by atoms with E-state index in [2.05, 4.69) is 90.4 Å². The van der Waals surface area contributed by atoms with E-state index in [0.29, 0.717) is 43.8 Å². The van der Waals surface area contributed by atoms with Gasteiger partial charge in [-0.05, 0) is 163 Å². The monoisotopic (exact) mass is 2140 g/mol. The lowest BCUT2D eigenvalue weighted by Crippen LogP contribution is -2.63. The zero-order valence-electron chi connectivity index (χ0n) is 82.7. The molecule has 0 unspecified atom stereocenters. The molecule has 17 amide bonds. The molecule has 2 aliphatic rings. The number of aliphatic hydroxyl groups excluding tert-OH is 3. The normalized spacial score (nSPS) is 22.2. The molecule has 2 heterocycles. The average Bonchev–Trinajstić information content (AvgIpc) is 1.73. The summed E-state index contributed by atoms with van der Waals surface area (Å²) in [5, 5.41) is 121. The molecule has 4 aromatic carbocycles. The number of carboxylic acids is 2. The number of unbranched alkanes of at least 4 members (excludes halogenated alkanes) is 2. The zero-order valence-corrected chi connectivity index (χ0v) is 85.1. The fourth-order valence-electron chi connectivity index (χ4n) is 15.7. The number of aromatic hydroxyl groups is 1. The number of carbonyl (C=O) groups is 19. The van der Waals surface area contributed by atoms with Crippen LogP contribution in [0.2, 0.25) is 0 Å². The number of aliphatic carboxylic acids is 2. The molecule has 0 spiro atoms. The topological polar surface area (TPSA) is 857 Å². The first-order valence-electron chi connectivity index (χ1n) is 48.5. The number of likely N-dealkylation sites (tertiary alicyclic amines) is 1. The third-order valence-electron chi connectivity index (χ3n) is 23.8. The Labute approximate surface area is 872 Å². The number of aliphatic hydroxyl groups is 3. The van der Waals surface area contributed by atoms with Gasteiger partial charge in [-0.2, -0.15) is 11.8 Å². The summed E-state index contributed by atoms with van der Waals surface area (Å²) in [5.41, 5.74) is 36.2. The van der Waals surface area contributed by atoms with Crippen molar-refractivity contribution in [1.82, 2.24) is 95.3 Å². The molecule has 0 aromatic heterocycles. The maximum Gasteiger partial charge on any atom is 0.326 e. The number of phenols is 1. The van der Waals surface area contributed by atoms with Crippen molar-refractivity contribution in [3.05, 3.63) is 138 Å². The summed E-state index contributed by atoms with van der Waals surface area (Å²) in [7, 11) is 1.34. The second-order valence-electron chi connectivity index (χ2n) is 35.5. The molecule has 0 radical (unpaired) electrons. The summed E-state index contributed by atoms with van der Waals surface area (Å²) in [4.78, 5) is 278. The Hall–Kier alpha value is -14.0. The Morgan fingerprint density at radius 1 is 0.477 bits per heavy atom. The molecule has 51 nitrogen and oxygen atoms in total. The Morgan fingerprint density at radius 2 is 0.913 bits per heavy atom. The summed E-state index contributed by atoms with van der Waals surface area (Å²) in [5.74, 6) is -24.8. The lowest BCUT2D eigenvalue weighted by atomic mass is 10.00. The molecule has 18 atom stereocenters. The Bertz CT molecular complexity index is 5150. The van der Waals surface area contributed by atoms with Crippen molar-refractivity contribution < 1.29 is 122 Å². The summed E-state index contributed by atoms with van der Waals surface area (Å²) in [6.45, 7) is -1.61. The molecule has 54 heteroatoms. The van der Waals surface area contributed by atoms with Crippen LogP contribution in [0.15, 0.2) is 115 Å². The number of nitrogens with zero attached hydrogens (tertiary/aromatic N) is 1. The van der Waals surface area contributed by atoms with Crippen molar-refractivity contribution in [2.24, 2.45) is 34.4 Å². The highest BCUT2D eigenvalue weighted by Gasteiger charge is 2.44. The van der Waals surface area contributed by atoms with Crippen molar-refractivity contribution in [3.8, 4) is 5.75 Å². The number of aryl methyl sites for hydroxylation is 1. The van der Waals surface area contributed by atoms with E-state index in [9.17, 15) is 83.4 Å². The van der Waals surface area contributed by atoms with Gasteiger partial charge in [0.25, 0.3) is 0 Å². The molecular formula is C95H140N26O25S3. The quantitative estimate of drug-likeness (QED) is 0.00846. The molecule has 6 rings (SSSR count). The van der Waals surface area contributed by atoms with Gasteiger partial charge in [-0.15, -0.1) is 0 Å². The van der Waals surface area contributed by atoms with Crippen molar-refractivity contribution in [1.29, 1.82) is 10.8 Å². The van der Waals surface area contributed by atoms with Gasteiger partial charge in [0.05, 0.1) is 38.2 Å². The fourth-order valence-corrected chi connectivity index (χ4v) is 18.5. The third-order valence-corrected chi connectivity index (χ3v) is 26.8. The number of nitrogens with two attached hydrogens (primary N) is 6. The second-order valence-corrected chi connectivity index (χ2v) is 39.0. The maximum atomic E-state index is 15.6. The minimum Gasteiger partial charge on any atom is -0.508 e. The van der Waals surface area contributed by atoms with E-state index in [1.807, 2.05) is 0 Å². The van der Waals surface area contributed by atoms with E-state index in [0.717, 1.165) is 11.8 Å². The van der Waals surface area contributed by atoms with Crippen molar-refractivity contribution >= 4 is 158 Å². The van der Waals surface area contributed by atoms with Crippen LogP contribution >= 0.6 is 33.3 Å². The number of guanidine groups is 2. The zero-order chi connectivity index (χ0) is 110. The number of carbonyl (C=O) groups excluding carboxylic acids is 17. The number of primary amides is 1. The highest BCUT2D eigenvalue weighted by molar-refractivity contribution is 8.76. The van der Waals surface area contributed by atoms with E-state index in [4.69, 9.17) is 45.2 Å². The first kappa shape index (κ1) is 124. The van der Waals surface area contributed by atoms with E-state index < -0.39 is 290 Å². The summed E-state index contributed by atoms with van der Waals surface area (Å²) in [6, 6.07) is -0.432. The van der Waals surface area contributed by atoms with Crippen LogP contribution in [-0.2, 0) is 117 Å². The van der Waals surface area contributed by atoms with Crippen LogP contribution in [0, 0.1) is 10.8 Å². The first-order chi connectivity index (χ1) is 71.1. The smallest absolute Gasteiger partial charge is 0.326 e. The van der Waals surface area contributed by atoms with Gasteiger partial charge in [-0.25, -0.2) is 4.79 Å². The van der Waals surface area contributed by atoms with Gasteiger partial charge in [-0.1, -0.05) is 125 Å². The molecule has 2 fully saturated rings. The highest BCUT2D eigenvalue weighted by Crippen LogP contribution is 2.27. The fraction of sp³-hybridized carbons (Fsp3) is 0.526. The maximum absolute atomic E-state index is 15.6. The van der Waals surface area contributed by atoms with Gasteiger partial charge in [0.2, 0.25) is 100 Å². The molecule has 818 valence electrons. The number of nitrogens with one attached hydrogen (secondary N) is 19. The molecule has 37 N–H and O–H groups in total. The standard InChI is InChI=1S/C95H140N26O25S3/c1-52(124)76-91(143)115-67(45-56-23-10-5-11-24-56)84(136)116-69(48-122)86(138)117-70(49-123)87(139)118-71(89(141)111-64(93(145)146)26-13-15-38-97)50-148-149-51-72(119-90(142)73-29-18-41-121(73)92(144)63(36-42-147-2)110-78(130)60(27-16-39-104-94(100)101)106-77(129)58(98)46-75(127)128)88(140)108-61(28-17-40-105-95(102)103)79(131)114-68(47-74(99)126)85(137)113-66(44-55-21-8-4-9-22-55)83(135)112-65(43-54-19-6-3-7-20-54)82(134)109-62(35-32-53-30-33-57(125)34-31-53)80(132)107-59(81(133)120-76)25-12-14-37-96/h3-11,19-24,30-31,33-34,52,58-73,76,122-125H,12-18,25-29,32,35-51,96-98H2,1-2H3,(H2,99,126)(H,106,129)(H,107,132)(H,108,140)(H,109,134)(H,110,130)(H,111,141)(H,112,135)(H,113,137)(H,114,131)(H,115,143)(H,116,136)(H,117,138)(H,118,139)(H,119,142)(H,120,133)(H,127,128)(H,145,146)(H4,100,101,104)(H4,102,103,105)/t52-,58-,59-,60-,61-,62-,63-,64-,65-,66-,67-,68-,69-,70-,71-,72-,73-,76-/m0/s1. The number of hydrogen-bond donors (Lipinski definition) is 31. The molecule has 0 aliphatic carbocycles. The summed E-state index contributed by atoms with van der Waals surface area (Å²) >= 11 is 1.25. The van der Waals surface area contributed by atoms with Crippen molar-refractivity contribution in [2.75, 3.05) is 69.5 Å². The van der Waals surface area contributed by atoms with E-state index >= 15 is 38.4 Å². The predicted molar refractivity (Wildman–Crippen MR) is 550 cm³/mol. The number of amides is 17. The number of phenolic OH excluding ortho intramolecular Hbond substituents is 1. The molecular weight excluding hydrogens is 2000 g/mol. The third kappa shape index (κ3) is 44.1. The van der Waals surface area contributed by atoms with Crippen LogP contribution < -0.4 is 125 Å². The molecule has 0 saturated carbocycles. The van der Waals surface area contributed by atoms with Crippen LogP contribution in [0.3, 0.4) is 0 Å².